The fraction of sp³-hybridized carbons (Fsp3) is 0.133. The number of rotatable bonds is 5. The summed E-state index contributed by atoms with van der Waals surface area (Å²) in [6.07, 6.45) is 0. The van der Waals surface area contributed by atoms with Gasteiger partial charge < -0.3 is 9.47 Å². The predicted molar refractivity (Wildman–Crippen MR) is 74.0 cm³/mol. The normalized spacial score (nSPS) is 10.0. The Hall–Kier alpha value is -2.00. The van der Waals surface area contributed by atoms with Crippen LogP contribution in [0.3, 0.4) is 0 Å². The average Bonchev–Trinajstić information content (AvgIpc) is 2.45. The first-order chi connectivity index (χ1) is 9.20. The van der Waals surface area contributed by atoms with E-state index < -0.39 is 5.24 Å². The van der Waals surface area contributed by atoms with Crippen LogP contribution in [0.4, 0.5) is 0 Å². The van der Waals surface area contributed by atoms with Crippen molar-refractivity contribution < 1.29 is 14.3 Å². The van der Waals surface area contributed by atoms with Gasteiger partial charge in [0.1, 0.15) is 18.1 Å². The maximum Gasteiger partial charge on any atom is 0.256 e. The highest BCUT2D eigenvalue weighted by Crippen LogP contribution is 2.26. The first kappa shape index (κ1) is 13.4. The summed E-state index contributed by atoms with van der Waals surface area (Å²) in [5, 5.41) is -0.550. The van der Waals surface area contributed by atoms with Gasteiger partial charge in [0.05, 0.1) is 12.7 Å². The van der Waals surface area contributed by atoms with E-state index in [0.29, 0.717) is 23.7 Å². The highest BCUT2D eigenvalue weighted by atomic mass is 35.5. The quantitative estimate of drug-likeness (QED) is 0.782. The molecule has 0 aliphatic rings. The zero-order valence-corrected chi connectivity index (χ0v) is 11.2. The first-order valence-corrected chi connectivity index (χ1v) is 6.13. The molecule has 0 saturated carbocycles. The molecule has 0 unspecified atom stereocenters. The molecule has 0 aromatic heterocycles. The standard InChI is InChI=1S/C15H13ClO3/c1-18-14-9-12(7-8-13(14)15(16)17)19-10-11-5-3-2-4-6-11/h2-9H,10H2,1H3. The van der Waals surface area contributed by atoms with Crippen molar-refractivity contribution in [1.29, 1.82) is 0 Å². The second kappa shape index (κ2) is 6.25. The Morgan fingerprint density at radius 1 is 1.16 bits per heavy atom. The topological polar surface area (TPSA) is 35.5 Å². The smallest absolute Gasteiger partial charge is 0.256 e. The van der Waals surface area contributed by atoms with Crippen LogP contribution in [-0.4, -0.2) is 12.4 Å². The van der Waals surface area contributed by atoms with E-state index in [2.05, 4.69) is 0 Å². The summed E-state index contributed by atoms with van der Waals surface area (Å²) in [5.41, 5.74) is 1.40. The average molecular weight is 277 g/mol. The highest BCUT2D eigenvalue weighted by Gasteiger charge is 2.10. The van der Waals surface area contributed by atoms with E-state index in [-0.39, 0.29) is 0 Å². The molecule has 19 heavy (non-hydrogen) atoms. The van der Waals surface area contributed by atoms with E-state index in [4.69, 9.17) is 21.1 Å². The van der Waals surface area contributed by atoms with Crippen molar-refractivity contribution in [3.63, 3.8) is 0 Å². The van der Waals surface area contributed by atoms with Crippen molar-refractivity contribution in [1.82, 2.24) is 0 Å². The van der Waals surface area contributed by atoms with Crippen LogP contribution >= 0.6 is 11.6 Å². The van der Waals surface area contributed by atoms with Crippen LogP contribution < -0.4 is 9.47 Å². The summed E-state index contributed by atoms with van der Waals surface area (Å²) < 4.78 is 10.7. The van der Waals surface area contributed by atoms with E-state index in [9.17, 15) is 4.79 Å². The Morgan fingerprint density at radius 3 is 2.53 bits per heavy atom. The van der Waals surface area contributed by atoms with Crippen LogP contribution in [0.1, 0.15) is 15.9 Å². The lowest BCUT2D eigenvalue weighted by Crippen LogP contribution is -1.98. The van der Waals surface area contributed by atoms with Gasteiger partial charge in [-0.05, 0) is 29.3 Å². The lowest BCUT2D eigenvalue weighted by atomic mass is 10.2. The van der Waals surface area contributed by atoms with Crippen molar-refractivity contribution in [2.45, 2.75) is 6.61 Å². The van der Waals surface area contributed by atoms with Gasteiger partial charge in [-0.2, -0.15) is 0 Å². The van der Waals surface area contributed by atoms with Gasteiger partial charge >= 0.3 is 0 Å². The fourth-order valence-corrected chi connectivity index (χ4v) is 1.82. The van der Waals surface area contributed by atoms with Gasteiger partial charge in [-0.25, -0.2) is 0 Å². The predicted octanol–water partition coefficient (Wildman–Crippen LogP) is 3.65. The molecule has 0 N–H and O–H groups in total. The Labute approximate surface area is 116 Å². The summed E-state index contributed by atoms with van der Waals surface area (Å²) in [4.78, 5) is 11.2. The van der Waals surface area contributed by atoms with Crippen LogP contribution in [0, 0.1) is 0 Å². The number of carbonyl (C=O) groups excluding carboxylic acids is 1. The zero-order chi connectivity index (χ0) is 13.7. The first-order valence-electron chi connectivity index (χ1n) is 5.75. The maximum absolute atomic E-state index is 11.2. The number of hydrogen-bond acceptors (Lipinski definition) is 3. The molecular formula is C15H13ClO3. The van der Waals surface area contributed by atoms with Crippen molar-refractivity contribution in [2.75, 3.05) is 7.11 Å². The lowest BCUT2D eigenvalue weighted by molar-refractivity contribution is 0.107. The number of ether oxygens (including phenoxy) is 2. The van der Waals surface area contributed by atoms with Crippen LogP contribution in [0.5, 0.6) is 11.5 Å². The monoisotopic (exact) mass is 276 g/mol. The summed E-state index contributed by atoms with van der Waals surface area (Å²) in [6.45, 7) is 0.457. The van der Waals surface area contributed by atoms with Crippen LogP contribution in [0.15, 0.2) is 48.5 Å². The third-order valence-electron chi connectivity index (χ3n) is 2.63. The van der Waals surface area contributed by atoms with Gasteiger partial charge in [-0.3, -0.25) is 4.79 Å². The Morgan fingerprint density at radius 2 is 1.89 bits per heavy atom. The lowest BCUT2D eigenvalue weighted by Gasteiger charge is -2.09. The Kier molecular flexibility index (Phi) is 4.42. The van der Waals surface area contributed by atoms with Crippen molar-refractivity contribution >= 4 is 16.8 Å². The molecular weight excluding hydrogens is 264 g/mol. The molecule has 3 nitrogen and oxygen atoms in total. The molecule has 4 heteroatoms. The minimum Gasteiger partial charge on any atom is -0.496 e. The fourth-order valence-electron chi connectivity index (χ4n) is 1.66. The molecule has 0 atom stereocenters. The zero-order valence-electron chi connectivity index (χ0n) is 10.4. The summed E-state index contributed by atoms with van der Waals surface area (Å²) >= 11 is 5.45. The molecule has 2 aromatic rings. The van der Waals surface area contributed by atoms with Gasteiger partial charge in [-0.15, -0.1) is 0 Å². The Bertz CT molecular complexity index is 567. The number of hydrogen-bond donors (Lipinski definition) is 0. The van der Waals surface area contributed by atoms with E-state index in [1.54, 1.807) is 18.2 Å². The highest BCUT2D eigenvalue weighted by molar-refractivity contribution is 6.68. The number of methoxy groups -OCH3 is 1. The van der Waals surface area contributed by atoms with Gasteiger partial charge in [-0.1, -0.05) is 30.3 Å². The molecule has 0 spiro atoms. The van der Waals surface area contributed by atoms with Crippen molar-refractivity contribution in [3.05, 3.63) is 59.7 Å². The molecule has 0 heterocycles. The van der Waals surface area contributed by atoms with E-state index in [1.165, 1.54) is 7.11 Å². The minimum atomic E-state index is -0.550. The number of halogens is 1. The molecule has 0 bridgehead atoms. The second-order valence-electron chi connectivity index (χ2n) is 3.91. The summed E-state index contributed by atoms with van der Waals surface area (Å²) in [6, 6.07) is 14.8. The largest absolute Gasteiger partial charge is 0.496 e. The molecule has 0 aliphatic heterocycles. The summed E-state index contributed by atoms with van der Waals surface area (Å²) in [7, 11) is 1.49. The van der Waals surface area contributed by atoms with Crippen LogP contribution in [0.25, 0.3) is 0 Å². The number of benzene rings is 2. The molecule has 0 saturated heterocycles. The molecule has 0 radical (unpaired) electrons. The van der Waals surface area contributed by atoms with E-state index in [0.717, 1.165) is 5.56 Å². The third kappa shape index (κ3) is 3.48. The molecule has 98 valence electrons. The van der Waals surface area contributed by atoms with E-state index in [1.807, 2.05) is 30.3 Å². The third-order valence-corrected chi connectivity index (χ3v) is 2.84. The second-order valence-corrected chi connectivity index (χ2v) is 4.25. The molecule has 0 fully saturated rings. The molecule has 2 rings (SSSR count). The van der Waals surface area contributed by atoms with Gasteiger partial charge in [0, 0.05) is 6.07 Å². The van der Waals surface area contributed by atoms with Crippen LogP contribution in [0.2, 0.25) is 0 Å². The Balaban J connectivity index is 2.11. The van der Waals surface area contributed by atoms with E-state index >= 15 is 0 Å². The number of carbonyl (C=O) groups is 1. The molecule has 0 amide bonds. The van der Waals surface area contributed by atoms with Crippen molar-refractivity contribution in [3.8, 4) is 11.5 Å². The molecule has 0 aliphatic carbocycles. The van der Waals surface area contributed by atoms with Gasteiger partial charge in [0.15, 0.2) is 0 Å². The summed E-state index contributed by atoms with van der Waals surface area (Å²) in [5.74, 6) is 1.04. The van der Waals surface area contributed by atoms with Gasteiger partial charge in [0.2, 0.25) is 0 Å². The van der Waals surface area contributed by atoms with Gasteiger partial charge in [0.25, 0.3) is 5.24 Å². The maximum atomic E-state index is 11.2. The SMILES string of the molecule is COc1cc(OCc2ccccc2)ccc1C(=O)Cl. The molecule has 2 aromatic carbocycles. The van der Waals surface area contributed by atoms with Crippen LogP contribution in [-0.2, 0) is 6.61 Å². The minimum absolute atomic E-state index is 0.330. The van der Waals surface area contributed by atoms with Crippen molar-refractivity contribution in [2.24, 2.45) is 0 Å².